The van der Waals surface area contributed by atoms with E-state index < -0.39 is 29.1 Å². The maximum absolute atomic E-state index is 11.9. The second kappa shape index (κ2) is 7.91. The van der Waals surface area contributed by atoms with E-state index in [-0.39, 0.29) is 11.3 Å². The van der Waals surface area contributed by atoms with E-state index in [0.717, 1.165) is 18.1 Å². The zero-order valence-corrected chi connectivity index (χ0v) is 13.5. The summed E-state index contributed by atoms with van der Waals surface area (Å²) >= 11 is 0. The Morgan fingerprint density at radius 3 is 2.68 bits per heavy atom. The standard InChI is InChI=1S/C17H17N3O5/c1-2-11-4-3-5-13(8-11)19-16(21)10-25-17(22)12-6-7-14(18)15(9-12)20(23)24/h3-9H,2,10,18H2,1H3,(H,19,21). The molecule has 130 valence electrons. The molecule has 0 radical (unpaired) electrons. The summed E-state index contributed by atoms with van der Waals surface area (Å²) in [5.74, 6) is -1.35. The van der Waals surface area contributed by atoms with Gasteiger partial charge >= 0.3 is 5.97 Å². The number of nitrogens with zero attached hydrogens (tertiary/aromatic N) is 1. The van der Waals surface area contributed by atoms with Crippen molar-refractivity contribution in [3.63, 3.8) is 0 Å². The highest BCUT2D eigenvalue weighted by Crippen LogP contribution is 2.22. The first-order valence-corrected chi connectivity index (χ1v) is 7.50. The molecule has 0 spiro atoms. The number of carbonyl (C=O) groups excluding carboxylic acids is 2. The minimum absolute atomic E-state index is 0.0540. The summed E-state index contributed by atoms with van der Waals surface area (Å²) < 4.78 is 4.88. The number of hydrogen-bond donors (Lipinski definition) is 2. The number of ether oxygens (including phenoxy) is 1. The molecule has 0 bridgehead atoms. The molecule has 2 rings (SSSR count). The van der Waals surface area contributed by atoms with Crippen LogP contribution in [0.5, 0.6) is 0 Å². The van der Waals surface area contributed by atoms with E-state index >= 15 is 0 Å². The molecule has 0 heterocycles. The van der Waals surface area contributed by atoms with Crippen molar-refractivity contribution in [2.24, 2.45) is 0 Å². The van der Waals surface area contributed by atoms with Crippen molar-refractivity contribution < 1.29 is 19.2 Å². The fraction of sp³-hybridized carbons (Fsp3) is 0.176. The number of aryl methyl sites for hydroxylation is 1. The number of nitro groups is 1. The molecule has 0 aliphatic carbocycles. The van der Waals surface area contributed by atoms with E-state index in [1.807, 2.05) is 25.1 Å². The van der Waals surface area contributed by atoms with Gasteiger partial charge in [-0.25, -0.2) is 4.79 Å². The first kappa shape index (κ1) is 17.9. The third kappa shape index (κ3) is 4.77. The molecule has 0 saturated heterocycles. The Labute approximate surface area is 143 Å². The fourth-order valence-corrected chi connectivity index (χ4v) is 2.11. The molecule has 2 aromatic rings. The average molecular weight is 343 g/mol. The molecule has 0 aliphatic rings. The van der Waals surface area contributed by atoms with Gasteiger partial charge in [0.1, 0.15) is 5.69 Å². The number of nitrogens with two attached hydrogens (primary N) is 1. The zero-order valence-electron chi connectivity index (χ0n) is 13.5. The molecule has 8 heteroatoms. The predicted octanol–water partition coefficient (Wildman–Crippen LogP) is 2.53. The third-order valence-electron chi connectivity index (χ3n) is 3.42. The Morgan fingerprint density at radius 1 is 1.24 bits per heavy atom. The van der Waals surface area contributed by atoms with Gasteiger partial charge in [0.25, 0.3) is 11.6 Å². The Bertz CT molecular complexity index is 820. The summed E-state index contributed by atoms with van der Waals surface area (Å²) in [7, 11) is 0. The molecule has 2 aromatic carbocycles. The van der Waals surface area contributed by atoms with Gasteiger partial charge in [0, 0.05) is 11.8 Å². The normalized spacial score (nSPS) is 10.1. The monoisotopic (exact) mass is 343 g/mol. The maximum atomic E-state index is 11.9. The van der Waals surface area contributed by atoms with Gasteiger partial charge in [0.15, 0.2) is 6.61 Å². The van der Waals surface area contributed by atoms with Gasteiger partial charge in [-0.2, -0.15) is 0 Å². The molecule has 0 aliphatic heterocycles. The Morgan fingerprint density at radius 2 is 2.00 bits per heavy atom. The number of esters is 1. The van der Waals surface area contributed by atoms with Gasteiger partial charge in [-0.05, 0) is 36.2 Å². The molecule has 0 aromatic heterocycles. The summed E-state index contributed by atoms with van der Waals surface area (Å²) in [4.78, 5) is 33.9. The van der Waals surface area contributed by atoms with Crippen LogP contribution in [0.4, 0.5) is 17.1 Å². The van der Waals surface area contributed by atoms with E-state index in [1.165, 1.54) is 12.1 Å². The molecule has 0 saturated carbocycles. The van der Waals surface area contributed by atoms with Gasteiger partial charge in [0.2, 0.25) is 0 Å². The van der Waals surface area contributed by atoms with Gasteiger partial charge in [0.05, 0.1) is 10.5 Å². The number of anilines is 2. The second-order valence-electron chi connectivity index (χ2n) is 5.21. The van der Waals surface area contributed by atoms with Crippen LogP contribution < -0.4 is 11.1 Å². The van der Waals surface area contributed by atoms with Crippen LogP contribution >= 0.6 is 0 Å². The highest BCUT2D eigenvalue weighted by Gasteiger charge is 2.17. The molecule has 0 fully saturated rings. The SMILES string of the molecule is CCc1cccc(NC(=O)COC(=O)c2ccc(N)c([N+](=O)[O-])c2)c1. The van der Waals surface area contributed by atoms with Crippen molar-refractivity contribution in [3.8, 4) is 0 Å². The Hall–Kier alpha value is -3.42. The number of rotatable bonds is 6. The van der Waals surface area contributed by atoms with Crippen molar-refractivity contribution in [1.82, 2.24) is 0 Å². The molecule has 25 heavy (non-hydrogen) atoms. The first-order valence-electron chi connectivity index (χ1n) is 7.50. The smallest absolute Gasteiger partial charge is 0.338 e. The number of nitro benzene ring substituents is 1. The number of benzene rings is 2. The number of nitrogens with one attached hydrogen (secondary N) is 1. The van der Waals surface area contributed by atoms with E-state index in [9.17, 15) is 19.7 Å². The lowest BCUT2D eigenvalue weighted by Crippen LogP contribution is -2.21. The second-order valence-corrected chi connectivity index (χ2v) is 5.21. The fourth-order valence-electron chi connectivity index (χ4n) is 2.11. The molecule has 0 atom stereocenters. The topological polar surface area (TPSA) is 125 Å². The lowest BCUT2D eigenvalue weighted by atomic mass is 10.1. The van der Waals surface area contributed by atoms with E-state index in [0.29, 0.717) is 5.69 Å². The molecule has 1 amide bonds. The minimum atomic E-state index is -0.847. The molecule has 0 unspecified atom stereocenters. The number of nitrogen functional groups attached to an aromatic ring is 1. The van der Waals surface area contributed by atoms with Crippen molar-refractivity contribution in [1.29, 1.82) is 0 Å². The molecule has 3 N–H and O–H groups in total. The van der Waals surface area contributed by atoms with Crippen molar-refractivity contribution in [2.75, 3.05) is 17.7 Å². The van der Waals surface area contributed by atoms with Crippen LogP contribution in [-0.4, -0.2) is 23.4 Å². The van der Waals surface area contributed by atoms with Crippen LogP contribution in [0.15, 0.2) is 42.5 Å². The summed E-state index contributed by atoms with van der Waals surface area (Å²) in [5.41, 5.74) is 6.62. The summed E-state index contributed by atoms with van der Waals surface area (Å²) in [6, 6.07) is 10.8. The highest BCUT2D eigenvalue weighted by molar-refractivity contribution is 5.96. The Kier molecular flexibility index (Phi) is 5.67. The lowest BCUT2D eigenvalue weighted by Gasteiger charge is -2.08. The zero-order chi connectivity index (χ0) is 18.4. The van der Waals surface area contributed by atoms with Crippen molar-refractivity contribution in [2.45, 2.75) is 13.3 Å². The van der Waals surface area contributed by atoms with Crippen LogP contribution in [0.1, 0.15) is 22.8 Å². The maximum Gasteiger partial charge on any atom is 0.338 e. The van der Waals surface area contributed by atoms with Crippen molar-refractivity contribution in [3.05, 3.63) is 63.7 Å². The van der Waals surface area contributed by atoms with Crippen LogP contribution in [0.25, 0.3) is 0 Å². The largest absolute Gasteiger partial charge is 0.452 e. The molecule has 8 nitrogen and oxygen atoms in total. The van der Waals surface area contributed by atoms with Crippen LogP contribution in [0, 0.1) is 10.1 Å². The van der Waals surface area contributed by atoms with Crippen LogP contribution in [-0.2, 0) is 16.0 Å². The van der Waals surface area contributed by atoms with Gasteiger partial charge in [-0.15, -0.1) is 0 Å². The summed E-state index contributed by atoms with van der Waals surface area (Å²) in [6.07, 6.45) is 0.828. The number of carbonyl (C=O) groups is 2. The highest BCUT2D eigenvalue weighted by atomic mass is 16.6. The lowest BCUT2D eigenvalue weighted by molar-refractivity contribution is -0.383. The molecular weight excluding hydrogens is 326 g/mol. The van der Waals surface area contributed by atoms with Gasteiger partial charge < -0.3 is 15.8 Å². The first-order chi connectivity index (χ1) is 11.9. The average Bonchev–Trinajstić information content (AvgIpc) is 2.60. The number of amides is 1. The Balaban J connectivity index is 1.96. The predicted molar refractivity (Wildman–Crippen MR) is 92.2 cm³/mol. The quantitative estimate of drug-likeness (QED) is 0.359. The van der Waals surface area contributed by atoms with Crippen LogP contribution in [0.2, 0.25) is 0 Å². The van der Waals surface area contributed by atoms with E-state index in [1.54, 1.807) is 6.07 Å². The summed E-state index contributed by atoms with van der Waals surface area (Å²) in [5, 5.41) is 13.4. The van der Waals surface area contributed by atoms with E-state index in [4.69, 9.17) is 10.5 Å². The third-order valence-corrected chi connectivity index (χ3v) is 3.42. The number of hydrogen-bond acceptors (Lipinski definition) is 6. The van der Waals surface area contributed by atoms with Crippen molar-refractivity contribution >= 4 is 28.9 Å². The van der Waals surface area contributed by atoms with Crippen LogP contribution in [0.3, 0.4) is 0 Å². The summed E-state index contributed by atoms with van der Waals surface area (Å²) in [6.45, 7) is 1.49. The van der Waals surface area contributed by atoms with E-state index in [2.05, 4.69) is 5.32 Å². The molecular formula is C17H17N3O5. The minimum Gasteiger partial charge on any atom is -0.452 e. The van der Waals surface area contributed by atoms with Gasteiger partial charge in [-0.1, -0.05) is 19.1 Å². The van der Waals surface area contributed by atoms with Gasteiger partial charge in [-0.3, -0.25) is 14.9 Å².